The van der Waals surface area contributed by atoms with Crippen molar-refractivity contribution in [3.8, 4) is 0 Å². The van der Waals surface area contributed by atoms with E-state index in [1.807, 2.05) is 29.7 Å². The van der Waals surface area contributed by atoms with Crippen molar-refractivity contribution < 1.29 is 14.7 Å². The largest absolute Gasteiger partial charge is 0.481 e. The molecular weight excluding hydrogens is 254 g/mol. The van der Waals surface area contributed by atoms with Gasteiger partial charge in [0.05, 0.1) is 5.69 Å². The monoisotopic (exact) mass is 271 g/mol. The molecule has 0 saturated carbocycles. The van der Waals surface area contributed by atoms with Crippen LogP contribution < -0.4 is 0 Å². The summed E-state index contributed by atoms with van der Waals surface area (Å²) in [7, 11) is 0. The third-order valence-corrected chi connectivity index (χ3v) is 3.99. The van der Waals surface area contributed by atoms with Crippen molar-refractivity contribution in [1.82, 2.24) is 4.40 Å². The molecule has 2 heterocycles. The molecule has 0 fully saturated rings. The fourth-order valence-electron chi connectivity index (χ4n) is 3.10. The number of Topliss-reactive ketones (excluding diaryl/α,β-unsaturated/α-hetero) is 1. The zero-order chi connectivity index (χ0) is 14.3. The molecule has 0 aliphatic heterocycles. The molecule has 20 heavy (non-hydrogen) atoms. The second-order valence-corrected chi connectivity index (χ2v) is 5.44. The lowest BCUT2D eigenvalue weighted by molar-refractivity contribution is -0.136. The minimum Gasteiger partial charge on any atom is -0.481 e. The van der Waals surface area contributed by atoms with Crippen LogP contribution in [0.2, 0.25) is 0 Å². The van der Waals surface area contributed by atoms with Gasteiger partial charge < -0.3 is 9.51 Å². The smallest absolute Gasteiger partial charge is 0.303 e. The van der Waals surface area contributed by atoms with Crippen molar-refractivity contribution in [3.05, 3.63) is 40.7 Å². The molecule has 0 saturated heterocycles. The Morgan fingerprint density at radius 2 is 2.20 bits per heavy atom. The number of carboxylic acids is 1. The quantitative estimate of drug-likeness (QED) is 0.933. The fraction of sp³-hybridized carbons (Fsp3) is 0.375. The van der Waals surface area contributed by atoms with Crippen molar-refractivity contribution in [2.45, 2.75) is 39.0 Å². The Balaban J connectivity index is 2.22. The summed E-state index contributed by atoms with van der Waals surface area (Å²) < 4.78 is 1.95. The summed E-state index contributed by atoms with van der Waals surface area (Å²) in [5.41, 5.74) is 4.99. The summed E-state index contributed by atoms with van der Waals surface area (Å²) in [6.07, 6.45) is 4.85. The van der Waals surface area contributed by atoms with E-state index >= 15 is 0 Å². The van der Waals surface area contributed by atoms with E-state index in [9.17, 15) is 9.59 Å². The Morgan fingerprint density at radius 3 is 2.95 bits per heavy atom. The van der Waals surface area contributed by atoms with E-state index in [0.717, 1.165) is 40.7 Å². The van der Waals surface area contributed by atoms with Crippen molar-refractivity contribution in [2.75, 3.05) is 0 Å². The Bertz CT molecular complexity index is 712. The number of aliphatic carboxylic acids is 1. The summed E-state index contributed by atoms with van der Waals surface area (Å²) in [5.74, 6) is -0.625. The number of pyridine rings is 1. The molecular formula is C16H17NO3. The Kier molecular flexibility index (Phi) is 3.08. The van der Waals surface area contributed by atoms with Crippen molar-refractivity contribution >= 4 is 17.3 Å². The summed E-state index contributed by atoms with van der Waals surface area (Å²) in [4.78, 5) is 23.1. The maximum Gasteiger partial charge on any atom is 0.303 e. The number of nitrogens with zero attached hydrogens (tertiary/aromatic N) is 1. The van der Waals surface area contributed by atoms with Gasteiger partial charge in [0.15, 0.2) is 5.78 Å². The Hall–Kier alpha value is -2.10. The van der Waals surface area contributed by atoms with Crippen LogP contribution in [0.4, 0.5) is 0 Å². The molecule has 2 aromatic rings. The highest BCUT2D eigenvalue weighted by Gasteiger charge is 2.26. The number of aryl methyl sites for hydroxylation is 2. The number of carbonyl (C=O) groups excluding carboxylic acids is 1. The highest BCUT2D eigenvalue weighted by Crippen LogP contribution is 2.31. The molecule has 4 heteroatoms. The van der Waals surface area contributed by atoms with E-state index in [2.05, 4.69) is 0 Å². The summed E-state index contributed by atoms with van der Waals surface area (Å²) in [6.45, 7) is 2.01. The molecule has 1 N–H and O–H groups in total. The van der Waals surface area contributed by atoms with E-state index in [1.165, 1.54) is 0 Å². The first-order chi connectivity index (χ1) is 9.58. The lowest BCUT2D eigenvalue weighted by atomic mass is 9.92. The van der Waals surface area contributed by atoms with E-state index < -0.39 is 5.97 Å². The number of fused-ring (bicyclic) bond motifs is 3. The maximum atomic E-state index is 12.2. The average molecular weight is 271 g/mol. The molecule has 0 spiro atoms. The summed E-state index contributed by atoms with van der Waals surface area (Å²) >= 11 is 0. The molecule has 3 rings (SSSR count). The Labute approximate surface area is 117 Å². The number of hydrogen-bond donors (Lipinski definition) is 1. The lowest BCUT2D eigenvalue weighted by Gasteiger charge is -2.12. The highest BCUT2D eigenvalue weighted by molar-refractivity contribution is 5.99. The van der Waals surface area contributed by atoms with Crippen LogP contribution in [0.15, 0.2) is 18.3 Å². The lowest BCUT2D eigenvalue weighted by Crippen LogP contribution is -2.12. The summed E-state index contributed by atoms with van der Waals surface area (Å²) in [6, 6.07) is 4.03. The number of carbonyl (C=O) groups is 2. The average Bonchev–Trinajstić information content (AvgIpc) is 2.70. The van der Waals surface area contributed by atoms with Gasteiger partial charge in [0.2, 0.25) is 0 Å². The molecule has 0 radical (unpaired) electrons. The van der Waals surface area contributed by atoms with Crippen LogP contribution >= 0.6 is 0 Å². The zero-order valence-corrected chi connectivity index (χ0v) is 11.5. The molecule has 0 aromatic carbocycles. The van der Waals surface area contributed by atoms with Crippen LogP contribution in [0.3, 0.4) is 0 Å². The van der Waals surface area contributed by atoms with Crippen LogP contribution in [-0.2, 0) is 17.6 Å². The molecule has 0 bridgehead atoms. The maximum absolute atomic E-state index is 12.2. The first-order valence-electron chi connectivity index (χ1n) is 6.95. The Morgan fingerprint density at radius 1 is 1.40 bits per heavy atom. The van der Waals surface area contributed by atoms with Crippen LogP contribution in [0.1, 0.15) is 46.4 Å². The molecule has 0 atom stereocenters. The second-order valence-electron chi connectivity index (χ2n) is 5.44. The molecule has 0 amide bonds. The molecule has 1 aliphatic carbocycles. The van der Waals surface area contributed by atoms with E-state index in [-0.39, 0.29) is 12.2 Å². The molecule has 4 nitrogen and oxygen atoms in total. The molecule has 0 unspecified atom stereocenters. The van der Waals surface area contributed by atoms with Gasteiger partial charge in [-0.25, -0.2) is 0 Å². The van der Waals surface area contributed by atoms with Gasteiger partial charge in [-0.05, 0) is 55.0 Å². The third kappa shape index (κ3) is 2.01. The molecule has 2 aromatic heterocycles. The van der Waals surface area contributed by atoms with Gasteiger partial charge in [-0.3, -0.25) is 9.59 Å². The van der Waals surface area contributed by atoms with E-state index in [1.54, 1.807) is 0 Å². The van der Waals surface area contributed by atoms with Crippen LogP contribution in [0.5, 0.6) is 0 Å². The second kappa shape index (κ2) is 4.78. The predicted molar refractivity (Wildman–Crippen MR) is 75.4 cm³/mol. The predicted octanol–water partition coefficient (Wildman–Crippen LogP) is 2.78. The minimum absolute atomic E-state index is 0.105. The first kappa shape index (κ1) is 12.9. The normalized spacial score (nSPS) is 14.6. The van der Waals surface area contributed by atoms with E-state index in [4.69, 9.17) is 5.11 Å². The van der Waals surface area contributed by atoms with Gasteiger partial charge in [0, 0.05) is 24.6 Å². The number of hydrogen-bond acceptors (Lipinski definition) is 2. The van der Waals surface area contributed by atoms with Gasteiger partial charge >= 0.3 is 5.97 Å². The number of ketones is 1. The third-order valence-electron chi connectivity index (χ3n) is 3.99. The van der Waals surface area contributed by atoms with Gasteiger partial charge in [-0.1, -0.05) is 0 Å². The molecule has 1 aliphatic rings. The van der Waals surface area contributed by atoms with Gasteiger partial charge in [0.1, 0.15) is 0 Å². The van der Waals surface area contributed by atoms with Gasteiger partial charge in [-0.15, -0.1) is 0 Å². The van der Waals surface area contributed by atoms with Gasteiger partial charge in [0.25, 0.3) is 0 Å². The van der Waals surface area contributed by atoms with Crippen molar-refractivity contribution in [2.24, 2.45) is 0 Å². The van der Waals surface area contributed by atoms with Crippen LogP contribution in [-0.4, -0.2) is 21.3 Å². The van der Waals surface area contributed by atoms with E-state index in [0.29, 0.717) is 12.8 Å². The number of carboxylic acid groups (broad SMARTS) is 1. The van der Waals surface area contributed by atoms with Crippen molar-refractivity contribution in [3.63, 3.8) is 0 Å². The topological polar surface area (TPSA) is 58.8 Å². The summed E-state index contributed by atoms with van der Waals surface area (Å²) in [5, 5.41) is 8.92. The number of rotatable bonds is 3. The van der Waals surface area contributed by atoms with Gasteiger partial charge in [-0.2, -0.15) is 0 Å². The first-order valence-corrected chi connectivity index (χ1v) is 6.95. The SMILES string of the molecule is Cc1ccn2c3c(c(CCC(=O)O)c2c1)CCCC3=O. The molecule has 104 valence electrons. The highest BCUT2D eigenvalue weighted by atomic mass is 16.4. The number of aromatic nitrogens is 1. The minimum atomic E-state index is -0.798. The standard InChI is InChI=1S/C16H17NO3/c1-10-7-8-17-13(9-10)11(5-6-15(19)20)12-3-2-4-14(18)16(12)17/h7-9H,2-6H2,1H3,(H,19,20). The van der Waals surface area contributed by atoms with Crippen LogP contribution in [0, 0.1) is 6.92 Å². The fourth-order valence-corrected chi connectivity index (χ4v) is 3.10. The zero-order valence-electron chi connectivity index (χ0n) is 11.5. The van der Waals surface area contributed by atoms with Crippen LogP contribution in [0.25, 0.3) is 5.52 Å². The van der Waals surface area contributed by atoms with Crippen molar-refractivity contribution in [1.29, 1.82) is 0 Å².